The SMILES string of the molecule is Cn1nccc1NC(=O)c1ccc(N)cc1. The Bertz CT molecular complexity index is 501. The Morgan fingerprint density at radius 1 is 1.31 bits per heavy atom. The van der Waals surface area contributed by atoms with Crippen LogP contribution in [0.5, 0.6) is 0 Å². The molecule has 0 saturated heterocycles. The minimum Gasteiger partial charge on any atom is -0.399 e. The van der Waals surface area contributed by atoms with Crippen LogP contribution in [0.4, 0.5) is 11.5 Å². The maximum Gasteiger partial charge on any atom is 0.256 e. The lowest BCUT2D eigenvalue weighted by atomic mass is 10.2. The molecule has 1 amide bonds. The first-order chi connectivity index (χ1) is 7.66. The van der Waals surface area contributed by atoms with Gasteiger partial charge < -0.3 is 11.1 Å². The first-order valence-corrected chi connectivity index (χ1v) is 4.82. The zero-order valence-electron chi connectivity index (χ0n) is 8.84. The molecule has 16 heavy (non-hydrogen) atoms. The molecule has 0 radical (unpaired) electrons. The second kappa shape index (κ2) is 4.06. The Morgan fingerprint density at radius 3 is 2.56 bits per heavy atom. The second-order valence-corrected chi connectivity index (χ2v) is 3.42. The van der Waals surface area contributed by atoms with Crippen LogP contribution in [0.1, 0.15) is 10.4 Å². The van der Waals surface area contributed by atoms with Gasteiger partial charge in [0, 0.05) is 24.4 Å². The van der Waals surface area contributed by atoms with E-state index in [2.05, 4.69) is 10.4 Å². The van der Waals surface area contributed by atoms with E-state index in [1.807, 2.05) is 0 Å². The fraction of sp³-hybridized carbons (Fsp3) is 0.0909. The fourth-order valence-corrected chi connectivity index (χ4v) is 1.32. The number of nitrogens with two attached hydrogens (primary N) is 1. The minimum atomic E-state index is -0.177. The highest BCUT2D eigenvalue weighted by Gasteiger charge is 2.07. The average molecular weight is 216 g/mol. The van der Waals surface area contributed by atoms with Gasteiger partial charge in [0.25, 0.3) is 5.91 Å². The lowest BCUT2D eigenvalue weighted by Gasteiger charge is -2.05. The lowest BCUT2D eigenvalue weighted by Crippen LogP contribution is -2.14. The zero-order valence-corrected chi connectivity index (χ0v) is 8.84. The van der Waals surface area contributed by atoms with Crippen molar-refractivity contribution >= 4 is 17.4 Å². The van der Waals surface area contributed by atoms with Crippen LogP contribution in [-0.2, 0) is 7.05 Å². The molecule has 1 aromatic carbocycles. The van der Waals surface area contributed by atoms with E-state index in [9.17, 15) is 4.79 Å². The molecule has 0 saturated carbocycles. The number of nitrogens with one attached hydrogen (secondary N) is 1. The summed E-state index contributed by atoms with van der Waals surface area (Å²) in [5, 5.41) is 6.71. The molecule has 0 bridgehead atoms. The fourth-order valence-electron chi connectivity index (χ4n) is 1.32. The van der Waals surface area contributed by atoms with Gasteiger partial charge in [-0.3, -0.25) is 9.48 Å². The van der Waals surface area contributed by atoms with Crippen molar-refractivity contribution in [1.82, 2.24) is 9.78 Å². The van der Waals surface area contributed by atoms with Gasteiger partial charge in [-0.2, -0.15) is 5.10 Å². The smallest absolute Gasteiger partial charge is 0.256 e. The van der Waals surface area contributed by atoms with Crippen molar-refractivity contribution in [2.24, 2.45) is 7.05 Å². The van der Waals surface area contributed by atoms with Crippen LogP contribution < -0.4 is 11.1 Å². The standard InChI is InChI=1S/C11H12N4O/c1-15-10(6-7-13-15)14-11(16)8-2-4-9(12)5-3-8/h2-7H,12H2,1H3,(H,14,16). The summed E-state index contributed by atoms with van der Waals surface area (Å²) in [5.74, 6) is 0.477. The summed E-state index contributed by atoms with van der Waals surface area (Å²) in [4.78, 5) is 11.8. The lowest BCUT2D eigenvalue weighted by molar-refractivity contribution is 0.102. The molecule has 3 N–H and O–H groups in total. The second-order valence-electron chi connectivity index (χ2n) is 3.42. The van der Waals surface area contributed by atoms with Crippen molar-refractivity contribution in [3.8, 4) is 0 Å². The van der Waals surface area contributed by atoms with Crippen molar-refractivity contribution in [3.63, 3.8) is 0 Å². The predicted molar refractivity (Wildman–Crippen MR) is 62.0 cm³/mol. The van der Waals surface area contributed by atoms with Gasteiger partial charge in [-0.1, -0.05) is 0 Å². The maximum atomic E-state index is 11.8. The average Bonchev–Trinajstić information content (AvgIpc) is 2.65. The molecule has 0 unspecified atom stereocenters. The van der Waals surface area contributed by atoms with Gasteiger partial charge in [-0.15, -0.1) is 0 Å². The molecule has 5 nitrogen and oxygen atoms in total. The number of benzene rings is 1. The number of aryl methyl sites for hydroxylation is 1. The number of aromatic nitrogens is 2. The van der Waals surface area contributed by atoms with Crippen LogP contribution in [0.25, 0.3) is 0 Å². The summed E-state index contributed by atoms with van der Waals surface area (Å²) in [6, 6.07) is 8.48. The summed E-state index contributed by atoms with van der Waals surface area (Å²) in [6.45, 7) is 0. The monoisotopic (exact) mass is 216 g/mol. The van der Waals surface area contributed by atoms with Crippen LogP contribution in [0.2, 0.25) is 0 Å². The number of hydrogen-bond donors (Lipinski definition) is 2. The number of carbonyl (C=O) groups excluding carboxylic acids is 1. The van der Waals surface area contributed by atoms with Crippen molar-refractivity contribution in [1.29, 1.82) is 0 Å². The highest BCUT2D eigenvalue weighted by molar-refractivity contribution is 6.03. The van der Waals surface area contributed by atoms with Gasteiger partial charge in [-0.05, 0) is 24.3 Å². The summed E-state index contributed by atoms with van der Waals surface area (Å²) in [6.07, 6.45) is 1.62. The molecule has 1 aromatic heterocycles. The van der Waals surface area contributed by atoms with Crippen molar-refractivity contribution in [2.75, 3.05) is 11.1 Å². The molecule has 0 spiro atoms. The molecule has 0 atom stereocenters. The maximum absolute atomic E-state index is 11.8. The molecule has 2 rings (SSSR count). The van der Waals surface area contributed by atoms with Crippen LogP contribution >= 0.6 is 0 Å². The molecular weight excluding hydrogens is 204 g/mol. The van der Waals surface area contributed by atoms with Crippen LogP contribution in [-0.4, -0.2) is 15.7 Å². The minimum absolute atomic E-state index is 0.177. The third-order valence-corrected chi connectivity index (χ3v) is 2.24. The first kappa shape index (κ1) is 10.2. The number of anilines is 2. The summed E-state index contributed by atoms with van der Waals surface area (Å²) >= 11 is 0. The number of rotatable bonds is 2. The Labute approximate surface area is 92.9 Å². The van der Waals surface area contributed by atoms with Crippen molar-refractivity contribution in [3.05, 3.63) is 42.1 Å². The van der Waals surface area contributed by atoms with Gasteiger partial charge in [0.15, 0.2) is 0 Å². The zero-order chi connectivity index (χ0) is 11.5. The molecule has 0 fully saturated rings. The summed E-state index contributed by atoms with van der Waals surface area (Å²) in [5.41, 5.74) is 6.74. The van der Waals surface area contributed by atoms with Crippen LogP contribution in [0, 0.1) is 0 Å². The van der Waals surface area contributed by atoms with Crippen LogP contribution in [0.3, 0.4) is 0 Å². The van der Waals surface area contributed by atoms with E-state index >= 15 is 0 Å². The van der Waals surface area contributed by atoms with E-state index in [0.29, 0.717) is 17.1 Å². The third kappa shape index (κ3) is 2.03. The molecule has 1 heterocycles. The Hall–Kier alpha value is -2.30. The van der Waals surface area contributed by atoms with E-state index in [-0.39, 0.29) is 5.91 Å². The largest absolute Gasteiger partial charge is 0.399 e. The van der Waals surface area contributed by atoms with Crippen molar-refractivity contribution in [2.45, 2.75) is 0 Å². The normalized spacial score (nSPS) is 10.1. The molecular formula is C11H12N4O. The number of carbonyl (C=O) groups is 1. The number of amides is 1. The topological polar surface area (TPSA) is 72.9 Å². The van der Waals surface area contributed by atoms with E-state index in [1.54, 1.807) is 48.3 Å². The summed E-state index contributed by atoms with van der Waals surface area (Å²) < 4.78 is 1.59. The first-order valence-electron chi connectivity index (χ1n) is 4.82. The predicted octanol–water partition coefficient (Wildman–Crippen LogP) is 1.25. The van der Waals surface area contributed by atoms with Crippen LogP contribution in [0.15, 0.2) is 36.5 Å². The van der Waals surface area contributed by atoms with E-state index in [0.717, 1.165) is 0 Å². The van der Waals surface area contributed by atoms with Gasteiger partial charge in [0.2, 0.25) is 0 Å². The highest BCUT2D eigenvalue weighted by atomic mass is 16.1. The summed E-state index contributed by atoms with van der Waals surface area (Å²) in [7, 11) is 1.76. The van der Waals surface area contributed by atoms with Gasteiger partial charge >= 0.3 is 0 Å². The number of nitrogen functional groups attached to an aromatic ring is 1. The third-order valence-electron chi connectivity index (χ3n) is 2.24. The molecule has 0 aliphatic heterocycles. The Kier molecular flexibility index (Phi) is 2.59. The van der Waals surface area contributed by atoms with Gasteiger partial charge in [0.1, 0.15) is 5.82 Å². The Balaban J connectivity index is 2.15. The number of hydrogen-bond acceptors (Lipinski definition) is 3. The van der Waals surface area contributed by atoms with E-state index < -0.39 is 0 Å². The van der Waals surface area contributed by atoms with Crippen molar-refractivity contribution < 1.29 is 4.79 Å². The van der Waals surface area contributed by atoms with E-state index in [4.69, 9.17) is 5.73 Å². The molecule has 0 aliphatic rings. The molecule has 2 aromatic rings. The molecule has 0 aliphatic carbocycles. The Morgan fingerprint density at radius 2 is 2.00 bits per heavy atom. The quantitative estimate of drug-likeness (QED) is 0.742. The van der Waals surface area contributed by atoms with Gasteiger partial charge in [-0.25, -0.2) is 0 Å². The van der Waals surface area contributed by atoms with Gasteiger partial charge in [0.05, 0.1) is 6.20 Å². The highest BCUT2D eigenvalue weighted by Crippen LogP contribution is 2.09. The number of nitrogens with zero attached hydrogens (tertiary/aromatic N) is 2. The molecule has 5 heteroatoms. The molecule has 82 valence electrons. The van der Waals surface area contributed by atoms with E-state index in [1.165, 1.54) is 0 Å².